The Morgan fingerprint density at radius 3 is 2.23 bits per heavy atom. The van der Waals surface area contributed by atoms with Crippen LogP contribution in [0.1, 0.15) is 86.0 Å². The lowest BCUT2D eigenvalue weighted by atomic mass is 9.74. The van der Waals surface area contributed by atoms with E-state index >= 15 is 18.4 Å². The third-order valence-electron chi connectivity index (χ3n) is 16.1. The van der Waals surface area contributed by atoms with Gasteiger partial charge in [0, 0.05) is 69.8 Å². The SMILES string of the molecule is CN[C@@H](C)C(=O)N[C@H](C(=O)N1Cc2ccc(C3N(C(=O)CN4C[C@@H](C)NC[C@@H]4CN4CCOC[C@H]4C)c4cc(Cc5ccc(F)cc5)ccc4C3(C)C(N)=O)cc2[C@H]1C(=O)Nc1c(F)cccc1F)C1CCOCC1.Cl.Cl.Cl. The number of primary amides is 1. The van der Waals surface area contributed by atoms with Crippen LogP contribution >= 0.6 is 37.2 Å². The van der Waals surface area contributed by atoms with Gasteiger partial charge in [-0.15, -0.1) is 37.2 Å². The number of amides is 5. The van der Waals surface area contributed by atoms with Crippen molar-refractivity contribution in [3.8, 4) is 0 Å². The molecule has 5 heterocycles. The normalized spacial score (nSPS) is 24.1. The number of benzene rings is 4. The monoisotopic (exact) mass is 1140 g/mol. The molecule has 6 N–H and O–H groups in total. The van der Waals surface area contributed by atoms with E-state index in [1.54, 1.807) is 62.2 Å². The number of ether oxygens (including phenoxy) is 2. The second-order valence-corrected chi connectivity index (χ2v) is 21.1. The summed E-state index contributed by atoms with van der Waals surface area (Å²) in [5, 5.41) is 11.9. The Kier molecular flexibility index (Phi) is 20.8. The number of para-hydroxylation sites is 1. The van der Waals surface area contributed by atoms with E-state index in [1.807, 2.05) is 12.1 Å². The number of morpholine rings is 1. The van der Waals surface area contributed by atoms with Gasteiger partial charge in [-0.1, -0.05) is 48.5 Å². The molecule has 2 unspecified atom stereocenters. The quantitative estimate of drug-likeness (QED) is 0.0980. The Morgan fingerprint density at radius 1 is 0.872 bits per heavy atom. The van der Waals surface area contributed by atoms with Crippen molar-refractivity contribution in [3.05, 3.63) is 130 Å². The van der Waals surface area contributed by atoms with Gasteiger partial charge in [-0.3, -0.25) is 33.8 Å². The molecule has 5 aliphatic rings. The summed E-state index contributed by atoms with van der Waals surface area (Å²) in [5.74, 6) is -5.80. The second kappa shape index (κ2) is 26.3. The lowest BCUT2D eigenvalue weighted by Crippen LogP contribution is -2.62. The molecular weight excluding hydrogens is 1070 g/mol. The van der Waals surface area contributed by atoms with Gasteiger partial charge in [-0.05, 0) is 124 Å². The highest BCUT2D eigenvalue weighted by atomic mass is 35.5. The number of hydrogen-bond donors (Lipinski definition) is 5. The number of hydrogen-bond acceptors (Lipinski definition) is 11. The molecule has 0 radical (unpaired) electrons. The molecule has 22 heteroatoms. The average Bonchev–Trinajstić information content (AvgIpc) is 3.91. The van der Waals surface area contributed by atoms with Crippen molar-refractivity contribution in [2.75, 3.05) is 76.4 Å². The zero-order chi connectivity index (χ0) is 53.3. The molecule has 5 amide bonds. The standard InChI is InChI=1S/C56H68F3N9O7.3ClH/c1-32-27-66(41(26-62-32)29-65-19-22-75-31-33(65)2)30-47(69)68-46-24-36(23-35-9-14-40(57)15-10-35)11-16-43(46)56(4,55(60)73)51(68)38-12-13-39-28-67(50(42(39)25-38)53(71)64-49-44(58)7-6-8-45(49)59)54(72)48(37-17-20-74-21-18-37)63-52(70)34(3)61-5;;;/h6-16,24-25,32-34,37,41,48,50-51,61-62H,17-23,26-31H2,1-5H3,(H2,60,73)(H,63,70)(H,64,71);3*1H/t32-,33-,34+,41-,48+,50+,51?,56?;;;/m1.../s1. The van der Waals surface area contributed by atoms with Crippen molar-refractivity contribution >= 4 is 78.1 Å². The van der Waals surface area contributed by atoms with Crippen LogP contribution in [0.2, 0.25) is 0 Å². The van der Waals surface area contributed by atoms with E-state index in [2.05, 4.69) is 44.9 Å². The Morgan fingerprint density at radius 2 is 1.56 bits per heavy atom. The van der Waals surface area contributed by atoms with E-state index < -0.39 is 70.5 Å². The molecular formula is C56H71Cl3F3N9O7. The topological polar surface area (TPSA) is 191 Å². The molecule has 4 aromatic rings. The van der Waals surface area contributed by atoms with E-state index in [1.165, 1.54) is 23.1 Å². The van der Waals surface area contributed by atoms with Gasteiger partial charge >= 0.3 is 0 Å². The molecule has 3 fully saturated rings. The van der Waals surface area contributed by atoms with E-state index in [-0.39, 0.29) is 86.1 Å². The fourth-order valence-corrected chi connectivity index (χ4v) is 11.6. The number of rotatable bonds is 15. The molecule has 0 aromatic heterocycles. The lowest BCUT2D eigenvalue weighted by Gasteiger charge is -2.44. The number of nitrogens with zero attached hydrogens (tertiary/aromatic N) is 4. The van der Waals surface area contributed by atoms with Crippen molar-refractivity contribution < 1.29 is 46.6 Å². The summed E-state index contributed by atoms with van der Waals surface area (Å²) in [7, 11) is 1.62. The Balaban J connectivity index is 0.00000328. The fourth-order valence-electron chi connectivity index (χ4n) is 11.6. The van der Waals surface area contributed by atoms with Gasteiger partial charge in [0.2, 0.25) is 23.6 Å². The first-order chi connectivity index (χ1) is 36.0. The van der Waals surface area contributed by atoms with Gasteiger partial charge < -0.3 is 46.3 Å². The van der Waals surface area contributed by atoms with E-state index in [0.717, 1.165) is 29.8 Å². The van der Waals surface area contributed by atoms with Crippen LogP contribution in [0.3, 0.4) is 0 Å². The number of likely N-dealkylation sites (N-methyl/N-ethyl adjacent to an activating group) is 1. The molecule has 16 nitrogen and oxygen atoms in total. The van der Waals surface area contributed by atoms with Crippen LogP contribution in [0, 0.1) is 23.4 Å². The number of fused-ring (bicyclic) bond motifs is 2. The summed E-state index contributed by atoms with van der Waals surface area (Å²) in [4.78, 5) is 81.2. The number of nitrogens with two attached hydrogens (primary N) is 1. The number of carbonyl (C=O) groups is 5. The summed E-state index contributed by atoms with van der Waals surface area (Å²) in [6.45, 7) is 11.9. The Bertz CT molecular complexity index is 2800. The number of halogens is 6. The predicted octanol–water partition coefficient (Wildman–Crippen LogP) is 5.72. The van der Waals surface area contributed by atoms with Crippen LogP contribution < -0.4 is 31.9 Å². The van der Waals surface area contributed by atoms with E-state index in [4.69, 9.17) is 15.2 Å². The van der Waals surface area contributed by atoms with Crippen LogP contribution in [0.25, 0.3) is 0 Å². The highest BCUT2D eigenvalue weighted by Crippen LogP contribution is 2.54. The molecule has 0 aliphatic carbocycles. The van der Waals surface area contributed by atoms with Crippen molar-refractivity contribution in [1.29, 1.82) is 0 Å². The number of piperazine rings is 1. The highest BCUT2D eigenvalue weighted by molar-refractivity contribution is 6.05. The Labute approximate surface area is 472 Å². The molecule has 3 saturated heterocycles. The van der Waals surface area contributed by atoms with Crippen LogP contribution in [0.4, 0.5) is 24.5 Å². The lowest BCUT2D eigenvalue weighted by molar-refractivity contribution is -0.144. The summed E-state index contributed by atoms with van der Waals surface area (Å²) in [6.07, 6.45) is 1.26. The maximum Gasteiger partial charge on any atom is 0.252 e. The minimum absolute atomic E-state index is 0. The Hall–Kier alpha value is -5.35. The first-order valence-corrected chi connectivity index (χ1v) is 26.0. The maximum absolute atomic E-state index is 15.7. The molecule has 4 aromatic carbocycles. The molecule has 0 bridgehead atoms. The molecule has 0 spiro atoms. The zero-order valence-corrected chi connectivity index (χ0v) is 46.8. The predicted molar refractivity (Wildman–Crippen MR) is 298 cm³/mol. The summed E-state index contributed by atoms with van der Waals surface area (Å²) < 4.78 is 56.1. The van der Waals surface area contributed by atoms with Crippen molar-refractivity contribution in [2.24, 2.45) is 11.7 Å². The van der Waals surface area contributed by atoms with Gasteiger partial charge in [0.15, 0.2) is 0 Å². The van der Waals surface area contributed by atoms with Crippen LogP contribution in [-0.2, 0) is 51.8 Å². The van der Waals surface area contributed by atoms with E-state index in [0.29, 0.717) is 93.3 Å². The summed E-state index contributed by atoms with van der Waals surface area (Å²) in [6, 6.07) is 15.9. The number of nitrogens with one attached hydrogen (secondary N) is 4. The molecule has 8 atom stereocenters. The molecule has 424 valence electrons. The fraction of sp³-hybridized carbons (Fsp3) is 0.482. The highest BCUT2D eigenvalue weighted by Gasteiger charge is 2.55. The van der Waals surface area contributed by atoms with Crippen LogP contribution in [-0.4, -0.2) is 141 Å². The van der Waals surface area contributed by atoms with Crippen molar-refractivity contribution in [1.82, 2.24) is 30.7 Å². The first kappa shape index (κ1) is 61.9. The molecule has 78 heavy (non-hydrogen) atoms. The molecule has 0 saturated carbocycles. The summed E-state index contributed by atoms with van der Waals surface area (Å²) in [5.41, 5.74) is 8.02. The van der Waals surface area contributed by atoms with Gasteiger partial charge in [-0.25, -0.2) is 13.2 Å². The van der Waals surface area contributed by atoms with Crippen LogP contribution in [0.15, 0.2) is 78.9 Å². The largest absolute Gasteiger partial charge is 0.381 e. The molecule has 9 rings (SSSR count). The van der Waals surface area contributed by atoms with Gasteiger partial charge in [0.1, 0.15) is 35.2 Å². The van der Waals surface area contributed by atoms with Gasteiger partial charge in [0.25, 0.3) is 5.91 Å². The zero-order valence-electron chi connectivity index (χ0n) is 44.4. The van der Waals surface area contributed by atoms with Crippen LogP contribution in [0.5, 0.6) is 0 Å². The van der Waals surface area contributed by atoms with E-state index in [9.17, 15) is 18.8 Å². The van der Waals surface area contributed by atoms with Gasteiger partial charge in [0.05, 0.1) is 37.3 Å². The number of anilines is 2. The minimum atomic E-state index is -1.57. The minimum Gasteiger partial charge on any atom is -0.381 e. The van der Waals surface area contributed by atoms with Crippen molar-refractivity contribution in [3.63, 3.8) is 0 Å². The van der Waals surface area contributed by atoms with Gasteiger partial charge in [-0.2, -0.15) is 0 Å². The first-order valence-electron chi connectivity index (χ1n) is 26.0. The third kappa shape index (κ3) is 12.6. The summed E-state index contributed by atoms with van der Waals surface area (Å²) >= 11 is 0. The third-order valence-corrected chi connectivity index (χ3v) is 16.1. The maximum atomic E-state index is 15.7. The second-order valence-electron chi connectivity index (χ2n) is 21.1. The van der Waals surface area contributed by atoms with Crippen molar-refractivity contribution in [2.45, 2.75) is 101 Å². The average molecular weight is 1150 g/mol. The smallest absolute Gasteiger partial charge is 0.252 e. The number of carbonyl (C=O) groups excluding carboxylic acids is 5. The molecule has 5 aliphatic heterocycles.